The molecule has 2 saturated heterocycles. The summed E-state index contributed by atoms with van der Waals surface area (Å²) in [4.78, 5) is 36.8. The largest absolute Gasteiger partial charge is 0.353 e. The van der Waals surface area contributed by atoms with E-state index in [1.165, 1.54) is 12.7 Å². The van der Waals surface area contributed by atoms with E-state index in [4.69, 9.17) is 0 Å². The highest BCUT2D eigenvalue weighted by Crippen LogP contribution is 2.22. The van der Waals surface area contributed by atoms with Crippen LogP contribution in [0.1, 0.15) is 43.1 Å². The SMILES string of the molecule is CCC1CCCCN1C(=O)c1cc(N2CCN(c3ncccn3)CC2)ncn1. The summed E-state index contributed by atoms with van der Waals surface area (Å²) in [7, 11) is 0. The number of hydrogen-bond donors (Lipinski definition) is 0. The number of rotatable bonds is 4. The molecule has 1 unspecified atom stereocenters. The predicted molar refractivity (Wildman–Crippen MR) is 107 cm³/mol. The van der Waals surface area contributed by atoms with E-state index in [0.717, 1.165) is 63.8 Å². The summed E-state index contributed by atoms with van der Waals surface area (Å²) < 4.78 is 0. The highest BCUT2D eigenvalue weighted by atomic mass is 16.2. The van der Waals surface area contributed by atoms with Gasteiger partial charge >= 0.3 is 0 Å². The summed E-state index contributed by atoms with van der Waals surface area (Å²) in [5.74, 6) is 1.61. The first-order valence-corrected chi connectivity index (χ1v) is 10.2. The Morgan fingerprint density at radius 3 is 2.50 bits per heavy atom. The van der Waals surface area contributed by atoms with Gasteiger partial charge in [0.15, 0.2) is 0 Å². The van der Waals surface area contributed by atoms with E-state index in [-0.39, 0.29) is 5.91 Å². The summed E-state index contributed by atoms with van der Waals surface area (Å²) >= 11 is 0. The normalized spacial score (nSPS) is 20.3. The van der Waals surface area contributed by atoms with Crippen molar-refractivity contribution in [1.82, 2.24) is 24.8 Å². The fourth-order valence-corrected chi connectivity index (χ4v) is 4.07. The maximum absolute atomic E-state index is 13.0. The van der Waals surface area contributed by atoms with Crippen LogP contribution in [0.25, 0.3) is 0 Å². The highest BCUT2D eigenvalue weighted by Gasteiger charge is 2.28. The van der Waals surface area contributed by atoms with Crippen molar-refractivity contribution < 1.29 is 4.79 Å². The van der Waals surface area contributed by atoms with Gasteiger partial charge in [0, 0.05) is 57.2 Å². The Hall–Kier alpha value is -2.77. The van der Waals surface area contributed by atoms with Gasteiger partial charge in [0.2, 0.25) is 5.95 Å². The number of piperazine rings is 1. The van der Waals surface area contributed by atoms with E-state index >= 15 is 0 Å². The van der Waals surface area contributed by atoms with Crippen molar-refractivity contribution in [3.05, 3.63) is 36.5 Å². The third-order valence-electron chi connectivity index (χ3n) is 5.67. The Labute approximate surface area is 165 Å². The third-order valence-corrected chi connectivity index (χ3v) is 5.67. The molecule has 2 fully saturated rings. The van der Waals surface area contributed by atoms with Gasteiger partial charge in [0.05, 0.1) is 0 Å². The van der Waals surface area contributed by atoms with Gasteiger partial charge in [-0.1, -0.05) is 6.92 Å². The molecule has 1 atom stereocenters. The van der Waals surface area contributed by atoms with Gasteiger partial charge in [-0.3, -0.25) is 4.79 Å². The van der Waals surface area contributed by atoms with Gasteiger partial charge in [0.1, 0.15) is 17.8 Å². The third kappa shape index (κ3) is 3.90. The first-order valence-electron chi connectivity index (χ1n) is 10.2. The summed E-state index contributed by atoms with van der Waals surface area (Å²) in [6.07, 6.45) is 9.40. The van der Waals surface area contributed by atoms with Crippen LogP contribution in [0.15, 0.2) is 30.9 Å². The van der Waals surface area contributed by atoms with E-state index in [2.05, 4.69) is 36.7 Å². The minimum atomic E-state index is 0.0338. The summed E-state index contributed by atoms with van der Waals surface area (Å²) in [6.45, 7) is 6.24. The summed E-state index contributed by atoms with van der Waals surface area (Å²) in [6, 6.07) is 4.00. The number of aromatic nitrogens is 4. The van der Waals surface area contributed by atoms with Crippen molar-refractivity contribution in [2.24, 2.45) is 0 Å². The standard InChI is InChI=1S/C20H27N7O/c1-2-16-6-3-4-9-27(16)19(28)17-14-18(24-15-23-17)25-10-12-26(13-11-25)20-21-7-5-8-22-20/h5,7-8,14-16H,2-4,6,9-13H2,1H3. The molecule has 4 rings (SSSR count). The average Bonchev–Trinajstić information content (AvgIpc) is 2.79. The maximum atomic E-state index is 13.0. The van der Waals surface area contributed by atoms with E-state index in [0.29, 0.717) is 11.7 Å². The fraction of sp³-hybridized carbons (Fsp3) is 0.550. The molecule has 1 amide bonds. The Bertz CT molecular complexity index is 792. The van der Waals surface area contributed by atoms with Crippen LogP contribution < -0.4 is 9.80 Å². The lowest BCUT2D eigenvalue weighted by molar-refractivity contribution is 0.0601. The Morgan fingerprint density at radius 2 is 1.75 bits per heavy atom. The van der Waals surface area contributed by atoms with Crippen molar-refractivity contribution in [3.8, 4) is 0 Å². The van der Waals surface area contributed by atoms with Gasteiger partial charge in [-0.15, -0.1) is 0 Å². The van der Waals surface area contributed by atoms with E-state index in [1.54, 1.807) is 12.4 Å². The molecule has 0 spiro atoms. The molecule has 8 heteroatoms. The topological polar surface area (TPSA) is 78.4 Å². The lowest BCUT2D eigenvalue weighted by atomic mass is 9.99. The summed E-state index contributed by atoms with van der Waals surface area (Å²) in [5.41, 5.74) is 0.499. The minimum absolute atomic E-state index is 0.0338. The first kappa shape index (κ1) is 18.6. The van der Waals surface area contributed by atoms with Crippen LogP contribution in [0.2, 0.25) is 0 Å². The second-order valence-electron chi connectivity index (χ2n) is 7.34. The van der Waals surface area contributed by atoms with Gasteiger partial charge in [0.25, 0.3) is 5.91 Å². The Kier molecular flexibility index (Phi) is 5.64. The van der Waals surface area contributed by atoms with Crippen LogP contribution in [0, 0.1) is 0 Å². The molecule has 4 heterocycles. The van der Waals surface area contributed by atoms with Crippen LogP contribution >= 0.6 is 0 Å². The number of nitrogens with zero attached hydrogens (tertiary/aromatic N) is 7. The molecule has 148 valence electrons. The van der Waals surface area contributed by atoms with Gasteiger partial charge in [-0.25, -0.2) is 19.9 Å². The number of piperidine rings is 1. The van der Waals surface area contributed by atoms with E-state index < -0.39 is 0 Å². The molecule has 2 aromatic heterocycles. The average molecular weight is 381 g/mol. The molecule has 0 saturated carbocycles. The Balaban J connectivity index is 1.43. The number of anilines is 2. The highest BCUT2D eigenvalue weighted by molar-refractivity contribution is 5.93. The van der Waals surface area contributed by atoms with Crippen LogP contribution in [0.4, 0.5) is 11.8 Å². The molecular formula is C20H27N7O. The number of hydrogen-bond acceptors (Lipinski definition) is 7. The molecule has 0 bridgehead atoms. The zero-order valence-corrected chi connectivity index (χ0v) is 16.4. The molecule has 0 aromatic carbocycles. The van der Waals surface area contributed by atoms with Crippen LogP contribution in [0.5, 0.6) is 0 Å². The zero-order valence-electron chi connectivity index (χ0n) is 16.4. The Morgan fingerprint density at radius 1 is 1.00 bits per heavy atom. The number of amides is 1. The molecule has 2 aliphatic rings. The van der Waals surface area contributed by atoms with E-state index in [9.17, 15) is 4.79 Å². The monoisotopic (exact) mass is 381 g/mol. The minimum Gasteiger partial charge on any atom is -0.353 e. The van der Waals surface area contributed by atoms with Crippen LogP contribution in [0.3, 0.4) is 0 Å². The van der Waals surface area contributed by atoms with Crippen molar-refractivity contribution in [2.75, 3.05) is 42.5 Å². The molecule has 0 radical (unpaired) electrons. The second kappa shape index (κ2) is 8.50. The van der Waals surface area contributed by atoms with Crippen LogP contribution in [-0.2, 0) is 0 Å². The fourth-order valence-electron chi connectivity index (χ4n) is 4.07. The summed E-state index contributed by atoms with van der Waals surface area (Å²) in [5, 5.41) is 0. The van der Waals surface area contributed by atoms with Crippen LogP contribution in [-0.4, -0.2) is 69.5 Å². The predicted octanol–water partition coefficient (Wildman–Crippen LogP) is 2.00. The van der Waals surface area contributed by atoms with Gasteiger partial charge in [-0.05, 0) is 31.7 Å². The first-order chi connectivity index (χ1) is 13.8. The number of carbonyl (C=O) groups excluding carboxylic acids is 1. The lowest BCUT2D eigenvalue weighted by Crippen LogP contribution is -2.47. The number of likely N-dealkylation sites (tertiary alicyclic amines) is 1. The molecule has 0 aliphatic carbocycles. The number of carbonyl (C=O) groups is 1. The molecule has 0 N–H and O–H groups in total. The van der Waals surface area contributed by atoms with Crippen molar-refractivity contribution in [3.63, 3.8) is 0 Å². The molecule has 8 nitrogen and oxygen atoms in total. The molecule has 28 heavy (non-hydrogen) atoms. The molecular weight excluding hydrogens is 354 g/mol. The molecule has 2 aromatic rings. The second-order valence-corrected chi connectivity index (χ2v) is 7.34. The maximum Gasteiger partial charge on any atom is 0.272 e. The van der Waals surface area contributed by atoms with Gasteiger partial charge < -0.3 is 14.7 Å². The lowest BCUT2D eigenvalue weighted by Gasteiger charge is -2.36. The van der Waals surface area contributed by atoms with E-state index in [1.807, 2.05) is 17.0 Å². The quantitative estimate of drug-likeness (QED) is 0.801. The van der Waals surface area contributed by atoms with Crippen molar-refractivity contribution in [1.29, 1.82) is 0 Å². The van der Waals surface area contributed by atoms with Crippen molar-refractivity contribution in [2.45, 2.75) is 38.6 Å². The molecule has 2 aliphatic heterocycles. The zero-order chi connectivity index (χ0) is 19.3. The van der Waals surface area contributed by atoms with Crippen molar-refractivity contribution >= 4 is 17.7 Å². The smallest absolute Gasteiger partial charge is 0.272 e. The van der Waals surface area contributed by atoms with Gasteiger partial charge in [-0.2, -0.15) is 0 Å².